The zero-order chi connectivity index (χ0) is 18.2. The Labute approximate surface area is 157 Å². The van der Waals surface area contributed by atoms with E-state index >= 15 is 0 Å². The third kappa shape index (κ3) is 5.34. The molecule has 1 aromatic rings. The first kappa shape index (κ1) is 19.0. The van der Waals surface area contributed by atoms with Gasteiger partial charge >= 0.3 is 0 Å². The molecule has 26 heavy (non-hydrogen) atoms. The largest absolute Gasteiger partial charge is 0.496 e. The highest BCUT2D eigenvalue weighted by Crippen LogP contribution is 2.23. The summed E-state index contributed by atoms with van der Waals surface area (Å²) < 4.78 is 5.40. The van der Waals surface area contributed by atoms with Crippen molar-refractivity contribution >= 4 is 12.0 Å². The zero-order valence-electron chi connectivity index (χ0n) is 16.0. The Balaban J connectivity index is 1.43. The van der Waals surface area contributed by atoms with E-state index in [1.807, 2.05) is 18.2 Å². The van der Waals surface area contributed by atoms with Crippen LogP contribution < -0.4 is 4.74 Å². The lowest BCUT2D eigenvalue weighted by atomic mass is 9.93. The molecule has 2 aliphatic heterocycles. The number of likely N-dealkylation sites (tertiary alicyclic amines) is 2. The molecule has 0 aliphatic carbocycles. The number of nitrogens with zero attached hydrogens (tertiary/aromatic N) is 2. The average Bonchev–Trinajstić information content (AvgIpc) is 3.22. The lowest BCUT2D eigenvalue weighted by Gasteiger charge is -2.32. The van der Waals surface area contributed by atoms with Gasteiger partial charge in [-0.05, 0) is 50.6 Å². The first-order valence-electron chi connectivity index (χ1n) is 10.1. The smallest absolute Gasteiger partial charge is 0.222 e. The van der Waals surface area contributed by atoms with Crippen molar-refractivity contribution in [1.82, 2.24) is 9.80 Å². The lowest BCUT2D eigenvalue weighted by molar-refractivity contribution is -0.130. The third-order valence-electron chi connectivity index (χ3n) is 5.63. The number of ether oxygens (including phenoxy) is 1. The van der Waals surface area contributed by atoms with E-state index in [-0.39, 0.29) is 0 Å². The van der Waals surface area contributed by atoms with E-state index in [0.717, 1.165) is 56.9 Å². The molecule has 142 valence electrons. The first-order chi connectivity index (χ1) is 12.8. The van der Waals surface area contributed by atoms with Gasteiger partial charge in [-0.25, -0.2) is 0 Å². The van der Waals surface area contributed by atoms with Crippen molar-refractivity contribution in [3.8, 4) is 5.75 Å². The summed E-state index contributed by atoms with van der Waals surface area (Å²) >= 11 is 0. The van der Waals surface area contributed by atoms with Gasteiger partial charge in [0.2, 0.25) is 5.91 Å². The van der Waals surface area contributed by atoms with Crippen molar-refractivity contribution in [3.05, 3.63) is 35.9 Å². The average molecular weight is 357 g/mol. The summed E-state index contributed by atoms with van der Waals surface area (Å²) in [6, 6.07) is 8.11. The minimum Gasteiger partial charge on any atom is -0.496 e. The molecule has 2 heterocycles. The van der Waals surface area contributed by atoms with Crippen molar-refractivity contribution in [3.63, 3.8) is 0 Å². The van der Waals surface area contributed by atoms with Gasteiger partial charge in [-0.2, -0.15) is 0 Å². The Hall–Kier alpha value is -1.81. The molecule has 2 fully saturated rings. The highest BCUT2D eigenvalue weighted by atomic mass is 16.5. The van der Waals surface area contributed by atoms with Crippen LogP contribution >= 0.6 is 0 Å². The highest BCUT2D eigenvalue weighted by Gasteiger charge is 2.22. The van der Waals surface area contributed by atoms with Crippen molar-refractivity contribution < 1.29 is 9.53 Å². The quantitative estimate of drug-likeness (QED) is 0.744. The van der Waals surface area contributed by atoms with E-state index in [1.54, 1.807) is 7.11 Å². The van der Waals surface area contributed by atoms with Gasteiger partial charge < -0.3 is 9.64 Å². The monoisotopic (exact) mass is 356 g/mol. The second-order valence-electron chi connectivity index (χ2n) is 7.54. The molecule has 0 saturated carbocycles. The summed E-state index contributed by atoms with van der Waals surface area (Å²) in [5.41, 5.74) is 1.12. The van der Waals surface area contributed by atoms with Crippen LogP contribution in [0, 0.1) is 5.92 Å². The number of carbonyl (C=O) groups excluding carboxylic acids is 1. The number of para-hydroxylation sites is 1. The number of methoxy groups -OCH3 is 1. The Bertz CT molecular complexity index is 608. The van der Waals surface area contributed by atoms with Crippen LogP contribution in [0.15, 0.2) is 30.3 Å². The molecule has 0 radical (unpaired) electrons. The Morgan fingerprint density at radius 2 is 2.00 bits per heavy atom. The summed E-state index contributed by atoms with van der Waals surface area (Å²) in [6.07, 6.45) is 11.0. The fraction of sp³-hybridized carbons (Fsp3) is 0.591. The van der Waals surface area contributed by atoms with E-state index < -0.39 is 0 Å². The van der Waals surface area contributed by atoms with E-state index in [1.165, 1.54) is 25.7 Å². The van der Waals surface area contributed by atoms with Gasteiger partial charge in [0, 0.05) is 38.2 Å². The first-order valence-corrected chi connectivity index (χ1v) is 10.1. The summed E-state index contributed by atoms with van der Waals surface area (Å²) in [7, 11) is 1.71. The lowest BCUT2D eigenvalue weighted by Crippen LogP contribution is -2.36. The maximum absolute atomic E-state index is 12.2. The summed E-state index contributed by atoms with van der Waals surface area (Å²) in [6.45, 7) is 5.19. The molecule has 4 heteroatoms. The van der Waals surface area contributed by atoms with Gasteiger partial charge in [0.25, 0.3) is 0 Å². The summed E-state index contributed by atoms with van der Waals surface area (Å²) in [5, 5.41) is 0. The minimum absolute atomic E-state index is 0.371. The fourth-order valence-electron chi connectivity index (χ4n) is 4.14. The Morgan fingerprint density at radius 3 is 2.81 bits per heavy atom. The standard InChI is InChI=1S/C22H32N2O2/c1-26-21-11-3-2-9-20(21)10-7-15-23-14-6-8-19(18-23)12-13-22(25)24-16-4-5-17-24/h2-3,7,9-11,19H,4-6,8,12-18H2,1H3. The van der Waals surface area contributed by atoms with Crippen LogP contribution in [-0.2, 0) is 4.79 Å². The van der Waals surface area contributed by atoms with Crippen molar-refractivity contribution in [1.29, 1.82) is 0 Å². The molecule has 1 unspecified atom stereocenters. The highest BCUT2D eigenvalue weighted by molar-refractivity contribution is 5.76. The van der Waals surface area contributed by atoms with Gasteiger partial charge in [-0.15, -0.1) is 0 Å². The molecular formula is C22H32N2O2. The maximum Gasteiger partial charge on any atom is 0.222 e. The Morgan fingerprint density at radius 1 is 1.19 bits per heavy atom. The van der Waals surface area contributed by atoms with E-state index in [2.05, 4.69) is 28.0 Å². The van der Waals surface area contributed by atoms with E-state index in [0.29, 0.717) is 11.8 Å². The fourth-order valence-corrected chi connectivity index (χ4v) is 4.14. The molecule has 0 N–H and O–H groups in total. The molecule has 1 atom stereocenters. The van der Waals surface area contributed by atoms with Gasteiger partial charge in [-0.3, -0.25) is 9.69 Å². The van der Waals surface area contributed by atoms with Crippen LogP contribution in [0.1, 0.15) is 44.1 Å². The second-order valence-corrected chi connectivity index (χ2v) is 7.54. The molecule has 0 spiro atoms. The predicted octanol–water partition coefficient (Wildman–Crippen LogP) is 3.82. The van der Waals surface area contributed by atoms with Gasteiger partial charge in [0.1, 0.15) is 5.75 Å². The molecule has 4 nitrogen and oxygen atoms in total. The molecule has 2 aliphatic rings. The van der Waals surface area contributed by atoms with Crippen LogP contribution in [0.2, 0.25) is 0 Å². The molecule has 3 rings (SSSR count). The predicted molar refractivity (Wildman–Crippen MR) is 106 cm³/mol. The number of rotatable bonds is 7. The van der Waals surface area contributed by atoms with Crippen LogP contribution in [0.5, 0.6) is 5.75 Å². The van der Waals surface area contributed by atoms with E-state index in [4.69, 9.17) is 4.74 Å². The summed E-state index contributed by atoms with van der Waals surface area (Å²) in [4.78, 5) is 16.8. The normalized spacial score (nSPS) is 21.4. The third-order valence-corrected chi connectivity index (χ3v) is 5.63. The Kier molecular flexibility index (Phi) is 7.13. The van der Waals surface area contributed by atoms with Gasteiger partial charge in [-0.1, -0.05) is 30.4 Å². The number of benzene rings is 1. The number of carbonyl (C=O) groups is 1. The van der Waals surface area contributed by atoms with Crippen molar-refractivity contribution in [2.24, 2.45) is 5.92 Å². The SMILES string of the molecule is COc1ccccc1C=CCN1CCCC(CCC(=O)N2CCCC2)C1. The molecule has 0 bridgehead atoms. The van der Waals surface area contributed by atoms with Crippen LogP contribution in [-0.4, -0.2) is 55.5 Å². The molecule has 1 aromatic carbocycles. The number of amides is 1. The summed E-state index contributed by atoms with van der Waals surface area (Å²) in [5.74, 6) is 1.95. The molecule has 2 saturated heterocycles. The van der Waals surface area contributed by atoms with Crippen molar-refractivity contribution in [2.75, 3.05) is 39.8 Å². The van der Waals surface area contributed by atoms with Gasteiger partial charge in [0.05, 0.1) is 7.11 Å². The number of hydrogen-bond donors (Lipinski definition) is 0. The van der Waals surface area contributed by atoms with Crippen molar-refractivity contribution in [2.45, 2.75) is 38.5 Å². The van der Waals surface area contributed by atoms with Crippen LogP contribution in [0.25, 0.3) is 6.08 Å². The minimum atomic E-state index is 0.371. The van der Waals surface area contributed by atoms with E-state index in [9.17, 15) is 4.79 Å². The maximum atomic E-state index is 12.2. The molecule has 1 amide bonds. The number of hydrogen-bond acceptors (Lipinski definition) is 3. The topological polar surface area (TPSA) is 32.8 Å². The molecule has 0 aromatic heterocycles. The van der Waals surface area contributed by atoms with Crippen LogP contribution in [0.3, 0.4) is 0 Å². The zero-order valence-corrected chi connectivity index (χ0v) is 16.0. The molecular weight excluding hydrogens is 324 g/mol. The van der Waals surface area contributed by atoms with Gasteiger partial charge in [0.15, 0.2) is 0 Å². The second kappa shape index (κ2) is 9.77. The number of piperidine rings is 1. The van der Waals surface area contributed by atoms with Crippen LogP contribution in [0.4, 0.5) is 0 Å².